The number of anilines is 1. The molecule has 0 saturated carbocycles. The van der Waals surface area contributed by atoms with E-state index < -0.39 is 11.8 Å². The predicted octanol–water partition coefficient (Wildman–Crippen LogP) is 2.28. The van der Waals surface area contributed by atoms with Crippen LogP contribution in [0.2, 0.25) is 0 Å². The molecular weight excluding hydrogens is 197 g/mol. The highest BCUT2D eigenvalue weighted by atomic mass is 19.1. The van der Waals surface area contributed by atoms with E-state index in [2.05, 4.69) is 0 Å². The van der Waals surface area contributed by atoms with Crippen molar-refractivity contribution >= 4 is 11.7 Å². The van der Waals surface area contributed by atoms with Crippen LogP contribution < -0.4 is 5.73 Å². The molecule has 0 amide bonds. The molecule has 1 rings (SSSR count). The lowest BCUT2D eigenvalue weighted by Crippen LogP contribution is -2.10. The van der Waals surface area contributed by atoms with Crippen molar-refractivity contribution in [2.45, 2.75) is 20.3 Å². The van der Waals surface area contributed by atoms with Gasteiger partial charge in [-0.3, -0.25) is 0 Å². The quantitative estimate of drug-likeness (QED) is 0.616. The number of halogens is 1. The Labute approximate surface area is 88.0 Å². The Balaban J connectivity index is 2.98. The molecule has 3 nitrogen and oxygen atoms in total. The summed E-state index contributed by atoms with van der Waals surface area (Å²) >= 11 is 0. The molecule has 15 heavy (non-hydrogen) atoms. The summed E-state index contributed by atoms with van der Waals surface area (Å²) in [4.78, 5) is 11.4. The highest BCUT2D eigenvalue weighted by molar-refractivity contribution is 5.91. The van der Waals surface area contributed by atoms with Crippen LogP contribution in [-0.2, 0) is 4.74 Å². The molecule has 4 heteroatoms. The number of rotatable bonds is 3. The van der Waals surface area contributed by atoms with Crippen LogP contribution in [0.5, 0.6) is 0 Å². The number of hydrogen-bond donors (Lipinski definition) is 1. The van der Waals surface area contributed by atoms with Crippen LogP contribution in [0.25, 0.3) is 0 Å². The molecule has 0 aliphatic carbocycles. The van der Waals surface area contributed by atoms with E-state index in [1.54, 1.807) is 6.92 Å². The van der Waals surface area contributed by atoms with Crippen molar-refractivity contribution in [3.05, 3.63) is 29.1 Å². The van der Waals surface area contributed by atoms with Crippen LogP contribution in [0.4, 0.5) is 10.1 Å². The maximum absolute atomic E-state index is 13.5. The van der Waals surface area contributed by atoms with E-state index in [4.69, 9.17) is 10.5 Å². The summed E-state index contributed by atoms with van der Waals surface area (Å²) in [5.41, 5.74) is 6.13. The Hall–Kier alpha value is -1.58. The van der Waals surface area contributed by atoms with Crippen molar-refractivity contribution in [3.63, 3.8) is 0 Å². The summed E-state index contributed by atoms with van der Waals surface area (Å²) < 4.78 is 18.3. The minimum atomic E-state index is -0.662. The summed E-state index contributed by atoms with van der Waals surface area (Å²) in [7, 11) is 0. The molecular formula is C11H14FNO2. The number of benzene rings is 1. The maximum atomic E-state index is 13.5. The molecule has 0 fully saturated rings. The van der Waals surface area contributed by atoms with E-state index in [-0.39, 0.29) is 12.2 Å². The molecule has 0 radical (unpaired) electrons. The van der Waals surface area contributed by atoms with Gasteiger partial charge in [0.15, 0.2) is 0 Å². The molecule has 2 N–H and O–H groups in total. The van der Waals surface area contributed by atoms with E-state index in [1.807, 2.05) is 6.92 Å². The maximum Gasteiger partial charge on any atom is 0.341 e. The van der Waals surface area contributed by atoms with E-state index in [9.17, 15) is 9.18 Å². The average molecular weight is 211 g/mol. The van der Waals surface area contributed by atoms with Crippen molar-refractivity contribution in [1.82, 2.24) is 0 Å². The summed E-state index contributed by atoms with van der Waals surface area (Å²) in [6, 6.07) is 2.77. The standard InChI is InChI=1S/C11H14FNO2/c1-3-4-15-11(14)9-6-8(13)5-7(2)10(9)12/h5-6H,3-4,13H2,1-2H3. The summed E-state index contributed by atoms with van der Waals surface area (Å²) in [5, 5.41) is 0. The zero-order chi connectivity index (χ0) is 11.4. The first-order valence-electron chi connectivity index (χ1n) is 4.79. The normalized spacial score (nSPS) is 10.1. The summed E-state index contributed by atoms with van der Waals surface area (Å²) in [5.74, 6) is -1.23. The fraction of sp³-hybridized carbons (Fsp3) is 0.364. The molecule has 0 saturated heterocycles. The third kappa shape index (κ3) is 2.68. The predicted molar refractivity (Wildman–Crippen MR) is 56.1 cm³/mol. The van der Waals surface area contributed by atoms with Gasteiger partial charge in [0.2, 0.25) is 0 Å². The average Bonchev–Trinajstić information content (AvgIpc) is 2.19. The lowest BCUT2D eigenvalue weighted by atomic mass is 10.1. The van der Waals surface area contributed by atoms with Gasteiger partial charge in [0.25, 0.3) is 0 Å². The molecule has 0 atom stereocenters. The van der Waals surface area contributed by atoms with Crippen LogP contribution in [0.1, 0.15) is 29.3 Å². The van der Waals surface area contributed by atoms with E-state index in [1.165, 1.54) is 12.1 Å². The van der Waals surface area contributed by atoms with Crippen LogP contribution >= 0.6 is 0 Å². The third-order valence-corrected chi connectivity index (χ3v) is 1.93. The lowest BCUT2D eigenvalue weighted by Gasteiger charge is -2.07. The van der Waals surface area contributed by atoms with E-state index in [0.29, 0.717) is 17.7 Å². The minimum absolute atomic E-state index is 0.0963. The number of carbonyl (C=O) groups excluding carboxylic acids is 1. The number of hydrogen-bond acceptors (Lipinski definition) is 3. The van der Waals surface area contributed by atoms with Crippen molar-refractivity contribution in [3.8, 4) is 0 Å². The van der Waals surface area contributed by atoms with Gasteiger partial charge < -0.3 is 10.5 Å². The first-order valence-corrected chi connectivity index (χ1v) is 4.79. The summed E-state index contributed by atoms with van der Waals surface area (Å²) in [6.07, 6.45) is 0.703. The van der Waals surface area contributed by atoms with Gasteiger partial charge in [-0.25, -0.2) is 9.18 Å². The zero-order valence-electron chi connectivity index (χ0n) is 8.84. The fourth-order valence-corrected chi connectivity index (χ4v) is 1.22. The first kappa shape index (κ1) is 11.5. The Bertz CT molecular complexity index is 377. The monoisotopic (exact) mass is 211 g/mol. The lowest BCUT2D eigenvalue weighted by molar-refractivity contribution is 0.0499. The third-order valence-electron chi connectivity index (χ3n) is 1.93. The van der Waals surface area contributed by atoms with Gasteiger partial charge in [0.05, 0.1) is 12.2 Å². The Kier molecular flexibility index (Phi) is 3.66. The van der Waals surface area contributed by atoms with Crippen molar-refractivity contribution in [1.29, 1.82) is 0 Å². The Morgan fingerprint density at radius 3 is 2.80 bits per heavy atom. The molecule has 1 aromatic rings. The van der Waals surface area contributed by atoms with Gasteiger partial charge in [-0.1, -0.05) is 6.92 Å². The molecule has 0 aromatic heterocycles. The minimum Gasteiger partial charge on any atom is -0.462 e. The molecule has 1 aromatic carbocycles. The molecule has 0 aliphatic rings. The van der Waals surface area contributed by atoms with Gasteiger partial charge in [-0.05, 0) is 31.0 Å². The van der Waals surface area contributed by atoms with Gasteiger partial charge in [0.1, 0.15) is 5.82 Å². The fourth-order valence-electron chi connectivity index (χ4n) is 1.22. The van der Waals surface area contributed by atoms with Crippen molar-refractivity contribution in [2.24, 2.45) is 0 Å². The van der Waals surface area contributed by atoms with Crippen LogP contribution in [0, 0.1) is 12.7 Å². The molecule has 0 spiro atoms. The topological polar surface area (TPSA) is 52.3 Å². The first-order chi connectivity index (χ1) is 7.06. The highest BCUT2D eigenvalue weighted by Crippen LogP contribution is 2.17. The van der Waals surface area contributed by atoms with Crippen LogP contribution in [0.15, 0.2) is 12.1 Å². The SMILES string of the molecule is CCCOC(=O)c1cc(N)cc(C)c1F. The van der Waals surface area contributed by atoms with Crippen molar-refractivity contribution < 1.29 is 13.9 Å². The number of nitrogens with two attached hydrogens (primary N) is 1. The smallest absolute Gasteiger partial charge is 0.341 e. The van der Waals surface area contributed by atoms with Gasteiger partial charge >= 0.3 is 5.97 Å². The molecule has 0 unspecified atom stereocenters. The zero-order valence-corrected chi connectivity index (χ0v) is 8.84. The second-order valence-electron chi connectivity index (χ2n) is 3.34. The number of ether oxygens (including phenoxy) is 1. The van der Waals surface area contributed by atoms with Gasteiger partial charge in [-0.15, -0.1) is 0 Å². The second-order valence-corrected chi connectivity index (χ2v) is 3.34. The second kappa shape index (κ2) is 4.77. The number of esters is 1. The molecule has 0 bridgehead atoms. The molecule has 0 aliphatic heterocycles. The van der Waals surface area contributed by atoms with Crippen LogP contribution in [0.3, 0.4) is 0 Å². The van der Waals surface area contributed by atoms with Gasteiger partial charge in [-0.2, -0.15) is 0 Å². The number of nitrogen functional groups attached to an aromatic ring is 1. The van der Waals surface area contributed by atoms with E-state index in [0.717, 1.165) is 0 Å². The number of carbonyl (C=O) groups is 1. The Morgan fingerprint density at radius 1 is 1.53 bits per heavy atom. The van der Waals surface area contributed by atoms with Crippen molar-refractivity contribution in [2.75, 3.05) is 12.3 Å². The number of aryl methyl sites for hydroxylation is 1. The molecule has 0 heterocycles. The van der Waals surface area contributed by atoms with E-state index >= 15 is 0 Å². The highest BCUT2D eigenvalue weighted by Gasteiger charge is 2.15. The summed E-state index contributed by atoms with van der Waals surface area (Å²) in [6.45, 7) is 3.71. The Morgan fingerprint density at radius 2 is 2.20 bits per heavy atom. The molecule has 82 valence electrons. The van der Waals surface area contributed by atoms with Crippen LogP contribution in [-0.4, -0.2) is 12.6 Å². The van der Waals surface area contributed by atoms with Gasteiger partial charge in [0, 0.05) is 5.69 Å². The largest absolute Gasteiger partial charge is 0.462 e.